The molecule has 1 amide bonds. The first kappa shape index (κ1) is 24.3. The number of hydrazine groups is 1. The summed E-state index contributed by atoms with van der Waals surface area (Å²) < 4.78 is 13.2. The van der Waals surface area contributed by atoms with Crippen LogP contribution in [-0.4, -0.2) is 67.5 Å². The van der Waals surface area contributed by atoms with Crippen molar-refractivity contribution in [3.05, 3.63) is 12.2 Å². The van der Waals surface area contributed by atoms with Crippen molar-refractivity contribution in [1.29, 1.82) is 0 Å². The predicted octanol–water partition coefficient (Wildman–Crippen LogP) is 3.59. The van der Waals surface area contributed by atoms with Crippen molar-refractivity contribution in [2.45, 2.75) is 78.0 Å². The molecule has 0 aromatic carbocycles. The fourth-order valence-corrected chi connectivity index (χ4v) is 4.75. The van der Waals surface area contributed by atoms with Crippen molar-refractivity contribution in [2.75, 3.05) is 40.4 Å². The third kappa shape index (κ3) is 5.04. The standard InChI is InChI=1S/C23H43N3O3/c1-8-11-16-23(28-17-21(4,5)18-29-23)22(24-25(6)7)15-13-12-14-19(22)20(27)26(9-2)10-3/h11,16,19,24H,8-10,12-15,17-18H2,1-7H3/b16-11-. The van der Waals surface area contributed by atoms with E-state index in [0.29, 0.717) is 13.2 Å². The second-order valence-electron chi connectivity index (χ2n) is 9.51. The number of ether oxygens (including phenoxy) is 2. The van der Waals surface area contributed by atoms with E-state index in [1.54, 1.807) is 0 Å². The minimum absolute atomic E-state index is 0.0457. The number of amides is 1. The molecule has 6 heteroatoms. The van der Waals surface area contributed by atoms with Crippen LogP contribution in [0.3, 0.4) is 0 Å². The molecule has 29 heavy (non-hydrogen) atoms. The Hall–Kier alpha value is -0.950. The minimum atomic E-state index is -0.962. The highest BCUT2D eigenvalue weighted by molar-refractivity contribution is 5.81. The van der Waals surface area contributed by atoms with Crippen LogP contribution in [0.25, 0.3) is 0 Å². The van der Waals surface area contributed by atoms with Gasteiger partial charge < -0.3 is 14.4 Å². The van der Waals surface area contributed by atoms with Crippen LogP contribution in [0, 0.1) is 11.3 Å². The van der Waals surface area contributed by atoms with Gasteiger partial charge in [0.15, 0.2) is 0 Å². The van der Waals surface area contributed by atoms with Crippen LogP contribution in [0.1, 0.15) is 66.7 Å². The molecule has 2 rings (SSSR count). The van der Waals surface area contributed by atoms with Gasteiger partial charge in [0.05, 0.1) is 19.1 Å². The van der Waals surface area contributed by atoms with Crippen LogP contribution in [0.2, 0.25) is 0 Å². The summed E-state index contributed by atoms with van der Waals surface area (Å²) >= 11 is 0. The molecule has 1 heterocycles. The molecule has 2 atom stereocenters. The number of nitrogens with one attached hydrogen (secondary N) is 1. The van der Waals surface area contributed by atoms with Gasteiger partial charge in [-0.2, -0.15) is 0 Å². The number of hydrogen-bond donors (Lipinski definition) is 1. The number of carbonyl (C=O) groups excluding carboxylic acids is 1. The average Bonchev–Trinajstić information content (AvgIpc) is 2.68. The summed E-state index contributed by atoms with van der Waals surface area (Å²) in [6, 6.07) is 0. The van der Waals surface area contributed by atoms with Crippen molar-refractivity contribution < 1.29 is 14.3 Å². The lowest BCUT2D eigenvalue weighted by Crippen LogP contribution is -2.75. The number of hydrogen-bond acceptors (Lipinski definition) is 5. The summed E-state index contributed by atoms with van der Waals surface area (Å²) in [5, 5.41) is 1.96. The van der Waals surface area contributed by atoms with Gasteiger partial charge in [-0.3, -0.25) is 4.79 Å². The molecule has 1 saturated carbocycles. The van der Waals surface area contributed by atoms with Gasteiger partial charge in [-0.1, -0.05) is 39.7 Å². The zero-order chi connectivity index (χ0) is 21.7. The fourth-order valence-electron chi connectivity index (χ4n) is 4.75. The van der Waals surface area contributed by atoms with Gasteiger partial charge in [-0.15, -0.1) is 0 Å². The first-order valence-corrected chi connectivity index (χ1v) is 11.4. The van der Waals surface area contributed by atoms with E-state index in [1.165, 1.54) is 0 Å². The maximum atomic E-state index is 13.7. The third-order valence-corrected chi connectivity index (χ3v) is 6.25. The van der Waals surface area contributed by atoms with Crippen molar-refractivity contribution in [2.24, 2.45) is 11.3 Å². The zero-order valence-electron chi connectivity index (χ0n) is 19.7. The molecule has 2 aliphatic rings. The van der Waals surface area contributed by atoms with Gasteiger partial charge in [0.25, 0.3) is 0 Å². The first-order chi connectivity index (χ1) is 13.7. The molecule has 0 aromatic rings. The van der Waals surface area contributed by atoms with E-state index < -0.39 is 11.3 Å². The predicted molar refractivity (Wildman–Crippen MR) is 117 cm³/mol. The highest BCUT2D eigenvalue weighted by atomic mass is 16.7. The van der Waals surface area contributed by atoms with E-state index in [4.69, 9.17) is 9.47 Å². The molecule has 2 unspecified atom stereocenters. The number of carbonyl (C=O) groups is 1. The number of rotatable bonds is 8. The van der Waals surface area contributed by atoms with Gasteiger partial charge in [0, 0.05) is 32.6 Å². The lowest BCUT2D eigenvalue weighted by atomic mass is 9.66. The Kier molecular flexibility index (Phi) is 8.31. The van der Waals surface area contributed by atoms with E-state index in [9.17, 15) is 4.79 Å². The van der Waals surface area contributed by atoms with Crippen LogP contribution in [0.15, 0.2) is 12.2 Å². The lowest BCUT2D eigenvalue weighted by Gasteiger charge is -2.58. The molecule has 0 spiro atoms. The topological polar surface area (TPSA) is 54.0 Å². The van der Waals surface area contributed by atoms with Crippen LogP contribution < -0.4 is 5.43 Å². The third-order valence-electron chi connectivity index (χ3n) is 6.25. The summed E-state index contributed by atoms with van der Waals surface area (Å²) in [4.78, 5) is 15.6. The van der Waals surface area contributed by atoms with E-state index in [2.05, 4.69) is 38.3 Å². The molecular formula is C23H43N3O3. The van der Waals surface area contributed by atoms with Crippen molar-refractivity contribution in [3.8, 4) is 0 Å². The Morgan fingerprint density at radius 2 is 1.72 bits per heavy atom. The average molecular weight is 410 g/mol. The zero-order valence-corrected chi connectivity index (χ0v) is 19.7. The monoisotopic (exact) mass is 409 g/mol. The van der Waals surface area contributed by atoms with E-state index in [0.717, 1.165) is 45.2 Å². The maximum absolute atomic E-state index is 13.7. The highest BCUT2D eigenvalue weighted by Crippen LogP contribution is 2.48. The van der Waals surface area contributed by atoms with Crippen molar-refractivity contribution in [3.63, 3.8) is 0 Å². The molecular weight excluding hydrogens is 366 g/mol. The van der Waals surface area contributed by atoms with Crippen LogP contribution in [-0.2, 0) is 14.3 Å². The molecule has 0 radical (unpaired) electrons. The quantitative estimate of drug-likeness (QED) is 0.490. The Morgan fingerprint density at radius 3 is 2.24 bits per heavy atom. The molecule has 1 aliphatic carbocycles. The Bertz CT molecular complexity index is 562. The van der Waals surface area contributed by atoms with Crippen molar-refractivity contribution >= 4 is 5.91 Å². The van der Waals surface area contributed by atoms with Crippen molar-refractivity contribution in [1.82, 2.24) is 15.3 Å². The molecule has 1 N–H and O–H groups in total. The molecule has 1 saturated heterocycles. The van der Waals surface area contributed by atoms with Crippen LogP contribution in [0.4, 0.5) is 0 Å². The Labute approximate surface area is 177 Å². The normalized spacial score (nSPS) is 29.3. The highest BCUT2D eigenvalue weighted by Gasteiger charge is 2.62. The first-order valence-electron chi connectivity index (χ1n) is 11.4. The number of nitrogens with zero attached hydrogens (tertiary/aromatic N) is 2. The number of allylic oxidation sites excluding steroid dienone is 1. The second-order valence-corrected chi connectivity index (χ2v) is 9.51. The molecule has 168 valence electrons. The minimum Gasteiger partial charge on any atom is -0.344 e. The largest absolute Gasteiger partial charge is 0.344 e. The summed E-state index contributed by atoms with van der Waals surface area (Å²) in [5.74, 6) is -0.969. The lowest BCUT2D eigenvalue weighted by molar-refractivity contribution is -0.322. The van der Waals surface area contributed by atoms with E-state index in [1.807, 2.05) is 37.9 Å². The Morgan fingerprint density at radius 1 is 1.10 bits per heavy atom. The summed E-state index contributed by atoms with van der Waals surface area (Å²) in [6.07, 6.45) is 8.85. The summed E-state index contributed by atoms with van der Waals surface area (Å²) in [7, 11) is 3.97. The molecule has 0 aromatic heterocycles. The summed E-state index contributed by atoms with van der Waals surface area (Å²) in [6.45, 7) is 13.2. The molecule has 0 bridgehead atoms. The fraction of sp³-hybridized carbons (Fsp3) is 0.870. The molecule has 6 nitrogen and oxygen atoms in total. The molecule has 1 aliphatic heterocycles. The van der Waals surface area contributed by atoms with Gasteiger partial charge in [0.1, 0.15) is 5.54 Å². The SMILES string of the molecule is CC/C=C\C1(C2(NN(C)C)CCCCC2C(=O)N(CC)CC)OCC(C)(C)CO1. The van der Waals surface area contributed by atoms with Gasteiger partial charge >= 0.3 is 0 Å². The van der Waals surface area contributed by atoms with Gasteiger partial charge in [-0.05, 0) is 39.2 Å². The second kappa shape index (κ2) is 9.90. The summed E-state index contributed by atoms with van der Waals surface area (Å²) in [5.41, 5.74) is 2.97. The van der Waals surface area contributed by atoms with Crippen LogP contribution in [0.5, 0.6) is 0 Å². The van der Waals surface area contributed by atoms with Gasteiger partial charge in [-0.25, -0.2) is 10.4 Å². The maximum Gasteiger partial charge on any atom is 0.227 e. The Balaban J connectivity index is 2.58. The van der Waals surface area contributed by atoms with E-state index in [-0.39, 0.29) is 17.2 Å². The smallest absolute Gasteiger partial charge is 0.227 e. The van der Waals surface area contributed by atoms with E-state index >= 15 is 0 Å². The van der Waals surface area contributed by atoms with Crippen LogP contribution >= 0.6 is 0 Å². The van der Waals surface area contributed by atoms with Gasteiger partial charge in [0.2, 0.25) is 11.7 Å². The molecule has 2 fully saturated rings.